The zero-order valence-corrected chi connectivity index (χ0v) is 11.6. The molecule has 0 spiro atoms. The van der Waals surface area contributed by atoms with Crippen molar-refractivity contribution in [3.05, 3.63) is 27.4 Å². The van der Waals surface area contributed by atoms with E-state index in [2.05, 4.69) is 24.1 Å². The molecule has 18 heavy (non-hydrogen) atoms. The van der Waals surface area contributed by atoms with E-state index in [9.17, 15) is 10.1 Å². The second-order valence-corrected chi connectivity index (χ2v) is 5.20. The number of rotatable bonds is 6. The van der Waals surface area contributed by atoms with Crippen LogP contribution in [-0.2, 0) is 0 Å². The number of nitrogens with zero attached hydrogens (tertiary/aromatic N) is 2. The largest absolute Gasteiger partial charge is 0.366 e. The van der Waals surface area contributed by atoms with Crippen LogP contribution in [0.15, 0.2) is 12.3 Å². The molecule has 6 heteroatoms. The average molecular weight is 272 g/mol. The second kappa shape index (κ2) is 6.54. The molecule has 1 unspecified atom stereocenters. The van der Waals surface area contributed by atoms with Crippen molar-refractivity contribution in [2.45, 2.75) is 39.7 Å². The lowest BCUT2D eigenvalue weighted by Gasteiger charge is -2.16. The van der Waals surface area contributed by atoms with Crippen molar-refractivity contribution in [3.63, 3.8) is 0 Å². The van der Waals surface area contributed by atoms with Gasteiger partial charge in [0.1, 0.15) is 12.0 Å². The van der Waals surface area contributed by atoms with Gasteiger partial charge < -0.3 is 5.32 Å². The highest BCUT2D eigenvalue weighted by Crippen LogP contribution is 2.25. The molecule has 0 saturated carbocycles. The van der Waals surface area contributed by atoms with Gasteiger partial charge in [-0.2, -0.15) is 0 Å². The molecule has 100 valence electrons. The summed E-state index contributed by atoms with van der Waals surface area (Å²) < 4.78 is 0. The van der Waals surface area contributed by atoms with Crippen LogP contribution in [0.25, 0.3) is 0 Å². The molecule has 0 aromatic carbocycles. The Bertz CT molecular complexity index is 424. The number of pyridine rings is 1. The van der Waals surface area contributed by atoms with E-state index in [0.29, 0.717) is 11.7 Å². The monoisotopic (exact) mass is 271 g/mol. The molecule has 1 N–H and O–H groups in total. The van der Waals surface area contributed by atoms with Gasteiger partial charge >= 0.3 is 0 Å². The highest BCUT2D eigenvalue weighted by Gasteiger charge is 2.12. The zero-order chi connectivity index (χ0) is 13.7. The van der Waals surface area contributed by atoms with Crippen LogP contribution in [-0.4, -0.2) is 15.9 Å². The van der Waals surface area contributed by atoms with Gasteiger partial charge in [0.15, 0.2) is 0 Å². The van der Waals surface area contributed by atoms with E-state index in [1.807, 2.05) is 6.92 Å². The second-order valence-electron chi connectivity index (χ2n) is 4.80. The molecular weight excluding hydrogens is 254 g/mol. The highest BCUT2D eigenvalue weighted by molar-refractivity contribution is 6.33. The lowest BCUT2D eigenvalue weighted by atomic mass is 10.0. The van der Waals surface area contributed by atoms with Gasteiger partial charge in [0, 0.05) is 12.1 Å². The average Bonchev–Trinajstić information content (AvgIpc) is 2.29. The Morgan fingerprint density at radius 3 is 2.61 bits per heavy atom. The van der Waals surface area contributed by atoms with Crippen molar-refractivity contribution < 1.29 is 4.92 Å². The first-order valence-corrected chi connectivity index (χ1v) is 6.34. The number of aromatic nitrogens is 1. The minimum atomic E-state index is -0.509. The lowest BCUT2D eigenvalue weighted by Crippen LogP contribution is -2.17. The molecule has 0 bridgehead atoms. The van der Waals surface area contributed by atoms with Crippen LogP contribution in [0, 0.1) is 16.0 Å². The number of hydrogen-bond donors (Lipinski definition) is 1. The standard InChI is InChI=1S/C12H18ClN3O2/c1-8(2)4-5-9(3)15-12-11(13)6-10(7-14-12)16(17)18/h6-9H,4-5H2,1-3H3,(H,14,15). The van der Waals surface area contributed by atoms with Gasteiger partial charge in [-0.05, 0) is 25.7 Å². The van der Waals surface area contributed by atoms with Gasteiger partial charge in [0.25, 0.3) is 5.69 Å². The van der Waals surface area contributed by atoms with Crippen molar-refractivity contribution >= 4 is 23.1 Å². The summed E-state index contributed by atoms with van der Waals surface area (Å²) in [6, 6.07) is 1.55. The first kappa shape index (κ1) is 14.7. The molecule has 0 amide bonds. The van der Waals surface area contributed by atoms with Crippen LogP contribution < -0.4 is 5.32 Å². The zero-order valence-electron chi connectivity index (χ0n) is 10.8. The molecule has 1 aromatic heterocycles. The van der Waals surface area contributed by atoms with E-state index in [1.54, 1.807) is 0 Å². The van der Waals surface area contributed by atoms with Crippen molar-refractivity contribution in [2.75, 3.05) is 5.32 Å². The Hall–Kier alpha value is -1.36. The lowest BCUT2D eigenvalue weighted by molar-refractivity contribution is -0.385. The van der Waals surface area contributed by atoms with Crippen LogP contribution in [0.1, 0.15) is 33.6 Å². The highest BCUT2D eigenvalue weighted by atomic mass is 35.5. The van der Waals surface area contributed by atoms with Gasteiger partial charge in [-0.15, -0.1) is 0 Å². The Balaban J connectivity index is 2.64. The summed E-state index contributed by atoms with van der Waals surface area (Å²) in [5, 5.41) is 14.0. The quantitative estimate of drug-likeness (QED) is 0.630. The maximum atomic E-state index is 10.6. The summed E-state index contributed by atoms with van der Waals surface area (Å²) in [6.07, 6.45) is 3.33. The summed E-state index contributed by atoms with van der Waals surface area (Å²) in [5.41, 5.74) is -0.0969. The SMILES string of the molecule is CC(C)CCC(C)Nc1ncc([N+](=O)[O-])cc1Cl. The van der Waals surface area contributed by atoms with Crippen LogP contribution in [0.3, 0.4) is 0 Å². The summed E-state index contributed by atoms with van der Waals surface area (Å²) in [7, 11) is 0. The molecule has 1 aromatic rings. The fraction of sp³-hybridized carbons (Fsp3) is 0.583. The number of nitro groups is 1. The first-order valence-electron chi connectivity index (χ1n) is 5.96. The number of hydrogen-bond acceptors (Lipinski definition) is 4. The third kappa shape index (κ3) is 4.49. The van der Waals surface area contributed by atoms with Gasteiger partial charge in [-0.3, -0.25) is 10.1 Å². The fourth-order valence-electron chi connectivity index (χ4n) is 1.52. The Morgan fingerprint density at radius 2 is 2.11 bits per heavy atom. The van der Waals surface area contributed by atoms with Crippen LogP contribution in [0.4, 0.5) is 11.5 Å². The maximum Gasteiger partial charge on any atom is 0.289 e. The molecule has 1 atom stereocenters. The Morgan fingerprint density at radius 1 is 1.44 bits per heavy atom. The van der Waals surface area contributed by atoms with Crippen LogP contribution in [0.5, 0.6) is 0 Å². The molecule has 1 heterocycles. The smallest absolute Gasteiger partial charge is 0.289 e. The Kier molecular flexibility index (Phi) is 5.34. The molecular formula is C12H18ClN3O2. The summed E-state index contributed by atoms with van der Waals surface area (Å²) in [6.45, 7) is 6.38. The van der Waals surface area contributed by atoms with E-state index >= 15 is 0 Å². The molecule has 0 aliphatic rings. The molecule has 1 rings (SSSR count). The predicted octanol–water partition coefficient (Wildman–Crippen LogP) is 3.88. The molecule has 0 aliphatic heterocycles. The Labute approximate surface area is 112 Å². The topological polar surface area (TPSA) is 68.1 Å². The third-order valence-electron chi connectivity index (χ3n) is 2.60. The van der Waals surface area contributed by atoms with Crippen LogP contribution in [0.2, 0.25) is 5.02 Å². The normalized spacial score (nSPS) is 12.5. The van der Waals surface area contributed by atoms with E-state index in [-0.39, 0.29) is 16.8 Å². The first-order chi connectivity index (χ1) is 8.40. The molecule has 0 saturated heterocycles. The van der Waals surface area contributed by atoms with Gasteiger partial charge in [-0.25, -0.2) is 4.98 Å². The van der Waals surface area contributed by atoms with E-state index in [0.717, 1.165) is 12.8 Å². The number of anilines is 1. The van der Waals surface area contributed by atoms with Gasteiger partial charge in [0.2, 0.25) is 0 Å². The molecule has 0 aliphatic carbocycles. The van der Waals surface area contributed by atoms with Crippen molar-refractivity contribution in [1.82, 2.24) is 4.98 Å². The van der Waals surface area contributed by atoms with Crippen molar-refractivity contribution in [2.24, 2.45) is 5.92 Å². The summed E-state index contributed by atoms with van der Waals surface area (Å²) >= 11 is 5.95. The maximum absolute atomic E-state index is 10.6. The molecule has 0 radical (unpaired) electrons. The van der Waals surface area contributed by atoms with Gasteiger partial charge in [-0.1, -0.05) is 25.4 Å². The fourth-order valence-corrected chi connectivity index (χ4v) is 1.74. The van der Waals surface area contributed by atoms with Crippen LogP contribution >= 0.6 is 11.6 Å². The van der Waals surface area contributed by atoms with E-state index in [4.69, 9.17) is 11.6 Å². The van der Waals surface area contributed by atoms with E-state index < -0.39 is 4.92 Å². The summed E-state index contributed by atoms with van der Waals surface area (Å²) in [4.78, 5) is 14.0. The van der Waals surface area contributed by atoms with Gasteiger partial charge in [0.05, 0.1) is 9.95 Å². The van der Waals surface area contributed by atoms with E-state index in [1.165, 1.54) is 12.3 Å². The third-order valence-corrected chi connectivity index (χ3v) is 2.89. The molecule has 5 nitrogen and oxygen atoms in total. The molecule has 0 fully saturated rings. The summed E-state index contributed by atoms with van der Waals surface area (Å²) in [5.74, 6) is 1.15. The predicted molar refractivity (Wildman–Crippen MR) is 73.1 cm³/mol. The number of nitrogens with one attached hydrogen (secondary N) is 1. The minimum absolute atomic E-state index is 0.0969. The van der Waals surface area contributed by atoms with Crippen molar-refractivity contribution in [3.8, 4) is 0 Å². The number of halogens is 1. The minimum Gasteiger partial charge on any atom is -0.366 e. The van der Waals surface area contributed by atoms with Crippen molar-refractivity contribution in [1.29, 1.82) is 0 Å².